The SMILES string of the molecule is CCCc1cc(C2(CC)OCCO2)ccc1-c1cc(CCc2ccc(C(=O)OC)c(C(=O)OC)c2)ccc1C. The molecule has 0 bridgehead atoms. The van der Waals surface area contributed by atoms with Crippen molar-refractivity contribution in [2.75, 3.05) is 27.4 Å². The third kappa shape index (κ3) is 6.07. The monoisotopic (exact) mass is 530 g/mol. The Labute approximate surface area is 231 Å². The zero-order chi connectivity index (χ0) is 28.0. The van der Waals surface area contributed by atoms with E-state index in [2.05, 4.69) is 57.2 Å². The Bertz CT molecular complexity index is 1340. The molecular formula is C33H38O6. The Hall–Kier alpha value is -3.48. The number of methoxy groups -OCH3 is 2. The number of hydrogen-bond acceptors (Lipinski definition) is 6. The molecule has 0 amide bonds. The molecule has 6 heteroatoms. The average Bonchev–Trinajstić information content (AvgIpc) is 3.46. The van der Waals surface area contributed by atoms with Crippen molar-refractivity contribution in [2.24, 2.45) is 0 Å². The van der Waals surface area contributed by atoms with Gasteiger partial charge in [-0.3, -0.25) is 0 Å². The second-order valence-corrected chi connectivity index (χ2v) is 9.94. The summed E-state index contributed by atoms with van der Waals surface area (Å²) in [6.45, 7) is 7.68. The van der Waals surface area contributed by atoms with Crippen molar-refractivity contribution in [3.05, 3.63) is 93.5 Å². The summed E-state index contributed by atoms with van der Waals surface area (Å²) >= 11 is 0. The molecule has 1 aliphatic heterocycles. The number of ether oxygens (including phenoxy) is 4. The number of benzene rings is 3. The molecule has 1 fully saturated rings. The third-order valence-electron chi connectivity index (χ3n) is 7.47. The van der Waals surface area contributed by atoms with Crippen LogP contribution in [-0.2, 0) is 44.0 Å². The fourth-order valence-electron chi connectivity index (χ4n) is 5.32. The first kappa shape index (κ1) is 28.5. The van der Waals surface area contributed by atoms with E-state index in [-0.39, 0.29) is 11.1 Å². The summed E-state index contributed by atoms with van der Waals surface area (Å²) in [5.74, 6) is -1.76. The average molecular weight is 531 g/mol. The van der Waals surface area contributed by atoms with Gasteiger partial charge in [0.25, 0.3) is 0 Å². The van der Waals surface area contributed by atoms with Gasteiger partial charge in [-0.05, 0) is 77.8 Å². The summed E-state index contributed by atoms with van der Waals surface area (Å²) in [5, 5.41) is 0. The molecule has 1 aliphatic rings. The van der Waals surface area contributed by atoms with Gasteiger partial charge in [0.1, 0.15) is 0 Å². The van der Waals surface area contributed by atoms with E-state index in [9.17, 15) is 9.59 Å². The van der Waals surface area contributed by atoms with Gasteiger partial charge in [-0.1, -0.05) is 56.7 Å². The van der Waals surface area contributed by atoms with Crippen molar-refractivity contribution in [3.63, 3.8) is 0 Å². The first-order valence-electron chi connectivity index (χ1n) is 13.7. The van der Waals surface area contributed by atoms with Gasteiger partial charge in [-0.25, -0.2) is 9.59 Å². The lowest BCUT2D eigenvalue weighted by Gasteiger charge is -2.27. The van der Waals surface area contributed by atoms with Crippen LogP contribution in [0, 0.1) is 6.92 Å². The molecule has 0 atom stereocenters. The summed E-state index contributed by atoms with van der Waals surface area (Å²) in [6, 6.07) is 18.4. The molecule has 3 aromatic carbocycles. The topological polar surface area (TPSA) is 71.1 Å². The maximum atomic E-state index is 12.3. The van der Waals surface area contributed by atoms with Crippen LogP contribution < -0.4 is 0 Å². The van der Waals surface area contributed by atoms with Crippen LogP contribution in [0.2, 0.25) is 0 Å². The van der Waals surface area contributed by atoms with Crippen molar-refractivity contribution in [1.82, 2.24) is 0 Å². The molecule has 0 radical (unpaired) electrons. The predicted octanol–water partition coefficient (Wildman–Crippen LogP) is 6.58. The normalized spacial score (nSPS) is 14.3. The Balaban J connectivity index is 1.62. The highest BCUT2D eigenvalue weighted by Gasteiger charge is 2.37. The van der Waals surface area contributed by atoms with E-state index in [0.717, 1.165) is 36.8 Å². The molecule has 4 rings (SSSR count). The van der Waals surface area contributed by atoms with E-state index in [4.69, 9.17) is 18.9 Å². The van der Waals surface area contributed by atoms with Gasteiger partial charge in [0.15, 0.2) is 5.79 Å². The van der Waals surface area contributed by atoms with Crippen LogP contribution >= 0.6 is 0 Å². The molecule has 206 valence electrons. The van der Waals surface area contributed by atoms with E-state index in [0.29, 0.717) is 19.6 Å². The number of hydrogen-bond donors (Lipinski definition) is 0. The predicted molar refractivity (Wildman–Crippen MR) is 151 cm³/mol. The van der Waals surface area contributed by atoms with Crippen molar-refractivity contribution in [1.29, 1.82) is 0 Å². The van der Waals surface area contributed by atoms with Crippen molar-refractivity contribution in [2.45, 2.75) is 58.7 Å². The highest BCUT2D eigenvalue weighted by molar-refractivity contribution is 6.03. The van der Waals surface area contributed by atoms with E-state index >= 15 is 0 Å². The van der Waals surface area contributed by atoms with Crippen LogP contribution in [0.25, 0.3) is 11.1 Å². The zero-order valence-electron chi connectivity index (χ0n) is 23.6. The van der Waals surface area contributed by atoms with E-state index in [1.807, 2.05) is 6.07 Å². The van der Waals surface area contributed by atoms with Crippen LogP contribution in [0.4, 0.5) is 0 Å². The molecule has 0 aromatic heterocycles. The van der Waals surface area contributed by atoms with Crippen molar-refractivity contribution < 1.29 is 28.5 Å². The highest BCUT2D eigenvalue weighted by Crippen LogP contribution is 2.38. The van der Waals surface area contributed by atoms with Crippen LogP contribution in [-0.4, -0.2) is 39.4 Å². The highest BCUT2D eigenvalue weighted by atomic mass is 16.7. The van der Waals surface area contributed by atoms with Crippen LogP contribution in [0.1, 0.15) is 75.2 Å². The first-order chi connectivity index (χ1) is 18.9. The summed E-state index contributed by atoms with van der Waals surface area (Å²) in [5.41, 5.74) is 8.62. The van der Waals surface area contributed by atoms with Crippen molar-refractivity contribution in [3.8, 4) is 11.1 Å². The number of aryl methyl sites for hydroxylation is 4. The standard InChI is InChI=1S/C33H38O6/c1-6-8-25-21-26(33(7-2)38-17-18-39-33)14-16-27(25)29-19-23(10-9-22(29)3)11-12-24-13-15-28(31(34)36-4)30(20-24)32(35)37-5/h9-10,13-16,19-21H,6-8,11-12,17-18H2,1-5H3. The largest absolute Gasteiger partial charge is 0.465 e. The van der Waals surface area contributed by atoms with Gasteiger partial charge < -0.3 is 18.9 Å². The first-order valence-corrected chi connectivity index (χ1v) is 13.7. The molecule has 1 heterocycles. The summed E-state index contributed by atoms with van der Waals surface area (Å²) < 4.78 is 21.8. The lowest BCUT2D eigenvalue weighted by molar-refractivity contribution is -0.167. The zero-order valence-corrected chi connectivity index (χ0v) is 23.6. The molecule has 0 aliphatic carbocycles. The summed E-state index contributed by atoms with van der Waals surface area (Å²) in [7, 11) is 2.60. The maximum Gasteiger partial charge on any atom is 0.338 e. The van der Waals surface area contributed by atoms with Gasteiger partial charge >= 0.3 is 11.9 Å². The lowest BCUT2D eigenvalue weighted by atomic mass is 9.88. The van der Waals surface area contributed by atoms with Crippen LogP contribution in [0.5, 0.6) is 0 Å². The van der Waals surface area contributed by atoms with Gasteiger partial charge in [-0.2, -0.15) is 0 Å². The smallest absolute Gasteiger partial charge is 0.338 e. The van der Waals surface area contributed by atoms with E-state index in [1.54, 1.807) is 12.1 Å². The lowest BCUT2D eigenvalue weighted by Crippen LogP contribution is -2.26. The Morgan fingerprint density at radius 3 is 2.05 bits per heavy atom. The van der Waals surface area contributed by atoms with Gasteiger partial charge in [0.2, 0.25) is 0 Å². The Kier molecular flexibility index (Phi) is 9.20. The molecule has 0 unspecified atom stereocenters. The molecule has 3 aromatic rings. The summed E-state index contributed by atoms with van der Waals surface area (Å²) in [6.07, 6.45) is 4.27. The van der Waals surface area contributed by atoms with Crippen molar-refractivity contribution >= 4 is 11.9 Å². The van der Waals surface area contributed by atoms with Gasteiger partial charge in [0, 0.05) is 12.0 Å². The van der Waals surface area contributed by atoms with E-state index < -0.39 is 17.7 Å². The number of carbonyl (C=O) groups is 2. The minimum absolute atomic E-state index is 0.205. The van der Waals surface area contributed by atoms with E-state index in [1.165, 1.54) is 42.0 Å². The molecule has 0 N–H and O–H groups in total. The van der Waals surface area contributed by atoms with Crippen LogP contribution in [0.15, 0.2) is 54.6 Å². The molecule has 0 spiro atoms. The number of rotatable bonds is 10. The third-order valence-corrected chi connectivity index (χ3v) is 7.47. The minimum atomic E-state index is -0.648. The van der Waals surface area contributed by atoms with Crippen LogP contribution in [0.3, 0.4) is 0 Å². The molecule has 6 nitrogen and oxygen atoms in total. The maximum absolute atomic E-state index is 12.3. The Morgan fingerprint density at radius 1 is 0.769 bits per heavy atom. The number of carbonyl (C=O) groups excluding carboxylic acids is 2. The second kappa shape index (κ2) is 12.6. The second-order valence-electron chi connectivity index (χ2n) is 9.94. The minimum Gasteiger partial charge on any atom is -0.465 e. The van der Waals surface area contributed by atoms with Gasteiger partial charge in [-0.15, -0.1) is 0 Å². The molecule has 0 saturated carbocycles. The molecule has 1 saturated heterocycles. The Morgan fingerprint density at radius 2 is 1.41 bits per heavy atom. The molecular weight excluding hydrogens is 492 g/mol. The molecule has 39 heavy (non-hydrogen) atoms. The van der Waals surface area contributed by atoms with Gasteiger partial charge in [0.05, 0.1) is 38.6 Å². The quantitative estimate of drug-likeness (QED) is 0.276. The fraction of sp³-hybridized carbons (Fsp3) is 0.394. The summed E-state index contributed by atoms with van der Waals surface area (Å²) in [4.78, 5) is 24.4. The fourth-order valence-corrected chi connectivity index (χ4v) is 5.32. The number of esters is 2.